The number of pyridine rings is 1. The van der Waals surface area contributed by atoms with E-state index < -0.39 is 9.84 Å². The lowest BCUT2D eigenvalue weighted by Gasteiger charge is -2.36. The highest BCUT2D eigenvalue weighted by molar-refractivity contribution is 7.91. The summed E-state index contributed by atoms with van der Waals surface area (Å²) in [6.07, 6.45) is 9.18. The van der Waals surface area contributed by atoms with E-state index >= 15 is 0 Å². The minimum Gasteiger partial charge on any atom is -0.372 e. The molecule has 2 atom stereocenters. The first-order valence-electron chi connectivity index (χ1n) is 11.3. The molecule has 0 N–H and O–H groups in total. The van der Waals surface area contributed by atoms with Crippen LogP contribution in [-0.2, 0) is 21.0 Å². The molecule has 0 bridgehead atoms. The summed E-state index contributed by atoms with van der Waals surface area (Å²) >= 11 is 0. The molecule has 1 aromatic heterocycles. The van der Waals surface area contributed by atoms with Crippen LogP contribution in [0.4, 0.5) is 5.82 Å². The number of morpholine rings is 1. The van der Waals surface area contributed by atoms with Crippen LogP contribution in [0.1, 0.15) is 65.4 Å². The number of aryl methyl sites for hydroxylation is 1. The fourth-order valence-corrected chi connectivity index (χ4v) is 6.07. The van der Waals surface area contributed by atoms with Crippen molar-refractivity contribution in [3.8, 4) is 0 Å². The van der Waals surface area contributed by atoms with Crippen LogP contribution in [-0.4, -0.2) is 49.7 Å². The molecular weight excluding hydrogens is 384 g/mol. The number of rotatable bonds is 7. The van der Waals surface area contributed by atoms with Crippen LogP contribution in [0.3, 0.4) is 0 Å². The molecule has 1 aliphatic carbocycles. The van der Waals surface area contributed by atoms with Crippen LogP contribution < -0.4 is 4.90 Å². The molecule has 0 unspecified atom stereocenters. The van der Waals surface area contributed by atoms with E-state index in [2.05, 4.69) is 30.9 Å². The fraction of sp³-hybridized carbons (Fsp3) is 0.783. The first-order valence-corrected chi connectivity index (χ1v) is 13.0. The van der Waals surface area contributed by atoms with Gasteiger partial charge in [0.05, 0.1) is 23.2 Å². The van der Waals surface area contributed by atoms with Crippen LogP contribution in [0.25, 0.3) is 0 Å². The Hall–Kier alpha value is -1.14. The molecule has 1 aliphatic heterocycles. The number of nitrogens with zero attached hydrogens (tertiary/aromatic N) is 2. The number of sulfone groups is 1. The van der Waals surface area contributed by atoms with Crippen LogP contribution in [0.2, 0.25) is 0 Å². The Kier molecular flexibility index (Phi) is 7.60. The van der Waals surface area contributed by atoms with Crippen molar-refractivity contribution >= 4 is 15.7 Å². The topological polar surface area (TPSA) is 59.5 Å². The van der Waals surface area contributed by atoms with Gasteiger partial charge in [0.15, 0.2) is 9.84 Å². The van der Waals surface area contributed by atoms with Crippen molar-refractivity contribution in [1.82, 2.24) is 4.98 Å². The zero-order valence-corrected chi connectivity index (χ0v) is 19.3. The van der Waals surface area contributed by atoms with Crippen molar-refractivity contribution in [2.75, 3.05) is 23.7 Å². The van der Waals surface area contributed by atoms with Gasteiger partial charge in [0.2, 0.25) is 0 Å². The van der Waals surface area contributed by atoms with Gasteiger partial charge in [0.25, 0.3) is 0 Å². The lowest BCUT2D eigenvalue weighted by atomic mass is 9.80. The van der Waals surface area contributed by atoms with E-state index in [4.69, 9.17) is 9.72 Å². The average Bonchev–Trinajstić information content (AvgIpc) is 2.67. The van der Waals surface area contributed by atoms with Crippen LogP contribution in [0.15, 0.2) is 18.3 Å². The molecule has 1 aromatic rings. The lowest BCUT2D eigenvalue weighted by Crippen LogP contribution is -2.45. The van der Waals surface area contributed by atoms with Crippen LogP contribution >= 0.6 is 0 Å². The van der Waals surface area contributed by atoms with Crippen molar-refractivity contribution < 1.29 is 13.2 Å². The second-order valence-electron chi connectivity index (χ2n) is 9.49. The Morgan fingerprint density at radius 3 is 2.24 bits per heavy atom. The van der Waals surface area contributed by atoms with E-state index in [1.165, 1.54) is 12.0 Å². The van der Waals surface area contributed by atoms with Gasteiger partial charge in [0.1, 0.15) is 5.82 Å². The van der Waals surface area contributed by atoms with E-state index in [1.54, 1.807) is 13.8 Å². The average molecular weight is 423 g/mol. The van der Waals surface area contributed by atoms with Crippen LogP contribution in [0, 0.1) is 11.8 Å². The van der Waals surface area contributed by atoms with E-state index in [0.29, 0.717) is 17.6 Å². The number of hydrogen-bond acceptors (Lipinski definition) is 5. The zero-order chi connectivity index (χ0) is 21.0. The largest absolute Gasteiger partial charge is 0.372 e. The van der Waals surface area contributed by atoms with Gasteiger partial charge in [-0.1, -0.05) is 18.9 Å². The van der Waals surface area contributed by atoms with Crippen molar-refractivity contribution in [2.24, 2.45) is 11.8 Å². The highest BCUT2D eigenvalue weighted by Gasteiger charge is 2.27. The Morgan fingerprint density at radius 1 is 1.07 bits per heavy atom. The van der Waals surface area contributed by atoms with Crippen LogP contribution in [0.5, 0.6) is 0 Å². The molecule has 164 valence electrons. The van der Waals surface area contributed by atoms with Gasteiger partial charge >= 0.3 is 0 Å². The monoisotopic (exact) mass is 422 g/mol. The highest BCUT2D eigenvalue weighted by Crippen LogP contribution is 2.33. The summed E-state index contributed by atoms with van der Waals surface area (Å²) < 4.78 is 30.1. The molecule has 0 amide bonds. The quantitative estimate of drug-likeness (QED) is 0.657. The predicted molar refractivity (Wildman–Crippen MR) is 119 cm³/mol. The maximum atomic E-state index is 12.2. The molecule has 2 heterocycles. The predicted octanol–water partition coefficient (Wildman–Crippen LogP) is 4.26. The summed E-state index contributed by atoms with van der Waals surface area (Å²) in [5.41, 5.74) is 1.30. The molecule has 0 spiro atoms. The summed E-state index contributed by atoms with van der Waals surface area (Å²) in [5.74, 6) is 2.50. The summed E-state index contributed by atoms with van der Waals surface area (Å²) in [4.78, 5) is 7.02. The van der Waals surface area contributed by atoms with Gasteiger partial charge in [0, 0.05) is 19.3 Å². The van der Waals surface area contributed by atoms with Crippen molar-refractivity contribution in [3.63, 3.8) is 0 Å². The number of hydrogen-bond donors (Lipinski definition) is 0. The molecule has 3 rings (SSSR count). The molecule has 6 heteroatoms. The molecule has 5 nitrogen and oxygen atoms in total. The summed E-state index contributed by atoms with van der Waals surface area (Å²) in [5, 5.41) is -0.250. The smallest absolute Gasteiger partial charge is 0.152 e. The molecule has 2 aliphatic rings. The minimum atomic E-state index is -2.91. The van der Waals surface area contributed by atoms with Crippen molar-refractivity contribution in [3.05, 3.63) is 23.9 Å². The van der Waals surface area contributed by atoms with E-state index in [-0.39, 0.29) is 17.5 Å². The maximum absolute atomic E-state index is 12.2. The Morgan fingerprint density at radius 2 is 1.69 bits per heavy atom. The van der Waals surface area contributed by atoms with Gasteiger partial charge in [-0.3, -0.25) is 0 Å². The maximum Gasteiger partial charge on any atom is 0.152 e. The van der Waals surface area contributed by atoms with Crippen molar-refractivity contribution in [1.29, 1.82) is 0 Å². The Bertz CT molecular complexity index is 730. The molecule has 0 aromatic carbocycles. The van der Waals surface area contributed by atoms with Gasteiger partial charge in [-0.2, -0.15) is 0 Å². The number of ether oxygens (including phenoxy) is 1. The zero-order valence-electron chi connectivity index (χ0n) is 18.5. The Labute approximate surface area is 177 Å². The summed E-state index contributed by atoms with van der Waals surface area (Å²) in [6.45, 7) is 9.61. The first kappa shape index (κ1) is 22.5. The third-order valence-corrected chi connectivity index (χ3v) is 8.92. The van der Waals surface area contributed by atoms with Crippen molar-refractivity contribution in [2.45, 2.75) is 83.7 Å². The van der Waals surface area contributed by atoms with E-state index in [9.17, 15) is 8.42 Å². The second kappa shape index (κ2) is 9.78. The lowest BCUT2D eigenvalue weighted by molar-refractivity contribution is -0.00546. The van der Waals surface area contributed by atoms with Gasteiger partial charge in [-0.15, -0.1) is 0 Å². The normalized spacial score (nSPS) is 28.7. The molecule has 2 fully saturated rings. The third-order valence-electron chi connectivity index (χ3n) is 6.55. The molecular formula is C23H38N2O3S. The highest BCUT2D eigenvalue weighted by atomic mass is 32.2. The van der Waals surface area contributed by atoms with Gasteiger partial charge in [-0.05, 0) is 76.8 Å². The van der Waals surface area contributed by atoms with E-state index in [1.807, 2.05) is 6.20 Å². The van der Waals surface area contributed by atoms with Gasteiger partial charge < -0.3 is 9.64 Å². The number of anilines is 1. The standard InChI is InChI=1S/C23H38N2O3S/c1-17(2)29(26,27)16-22-9-6-20(7-10-22)5-8-21-11-12-23(24-13-21)25-14-18(3)28-19(4)15-25/h11-13,17-20,22H,5-10,14-16H2,1-4H3/t18-,19-,20?,22?/m1/s1. The third kappa shape index (κ3) is 6.42. The van der Waals surface area contributed by atoms with E-state index in [0.717, 1.165) is 51.0 Å². The second-order valence-corrected chi connectivity index (χ2v) is 12.1. The SMILES string of the molecule is CC(C)S(=O)(=O)CC1CCC(CCc2ccc(N3C[C@@H](C)O[C@H](C)C3)nc2)CC1. The molecule has 1 saturated heterocycles. The molecule has 1 saturated carbocycles. The molecule has 0 radical (unpaired) electrons. The first-order chi connectivity index (χ1) is 13.7. The Balaban J connectivity index is 1.43. The fourth-order valence-electron chi connectivity index (χ4n) is 4.70. The minimum absolute atomic E-state index is 0.242. The molecule has 29 heavy (non-hydrogen) atoms. The van der Waals surface area contributed by atoms with Gasteiger partial charge in [-0.25, -0.2) is 13.4 Å². The number of aromatic nitrogens is 1. The summed E-state index contributed by atoms with van der Waals surface area (Å²) in [6, 6.07) is 4.36. The summed E-state index contributed by atoms with van der Waals surface area (Å²) in [7, 11) is -2.91.